The second-order valence-corrected chi connectivity index (χ2v) is 16.2. The van der Waals surface area contributed by atoms with Gasteiger partial charge < -0.3 is 19.8 Å². The number of nitro groups is 1. The van der Waals surface area contributed by atoms with Crippen LogP contribution >= 0.6 is 39.0 Å². The van der Waals surface area contributed by atoms with Gasteiger partial charge in [-0.25, -0.2) is 4.79 Å². The summed E-state index contributed by atoms with van der Waals surface area (Å²) in [6.07, 6.45) is 0.667. The summed E-state index contributed by atoms with van der Waals surface area (Å²) in [7, 11) is 0. The number of aromatic amines is 1. The molecular formula is C36H29BrN4O9S2. The highest BCUT2D eigenvalue weighted by Crippen LogP contribution is 2.69. The number of H-pyrrole nitrogens is 1. The molecule has 2 aliphatic heterocycles. The van der Waals surface area contributed by atoms with Crippen molar-refractivity contribution in [3.05, 3.63) is 107 Å². The zero-order valence-electron chi connectivity index (χ0n) is 27.3. The molecule has 1 aromatic heterocycles. The predicted octanol–water partition coefficient (Wildman–Crippen LogP) is 5.98. The normalized spacial score (nSPS) is 25.3. The highest BCUT2D eigenvalue weighted by Gasteiger charge is 2.70. The van der Waals surface area contributed by atoms with E-state index in [1.165, 1.54) is 29.2 Å². The lowest BCUT2D eigenvalue weighted by atomic mass is 9.68. The summed E-state index contributed by atoms with van der Waals surface area (Å²) in [5.74, 6) is -3.00. The first-order valence-electron chi connectivity index (χ1n) is 16.5. The van der Waals surface area contributed by atoms with Gasteiger partial charge in [-0.3, -0.25) is 34.2 Å². The molecule has 16 heteroatoms. The van der Waals surface area contributed by atoms with Gasteiger partial charge in [-0.15, -0.1) is 11.8 Å². The molecule has 2 N–H and O–H groups in total. The van der Waals surface area contributed by atoms with Crippen molar-refractivity contribution < 1.29 is 33.6 Å². The number of nitrogens with one attached hydrogen (secondary N) is 2. The second kappa shape index (κ2) is 13.3. The van der Waals surface area contributed by atoms with Gasteiger partial charge in [0, 0.05) is 43.9 Å². The number of anilines is 2. The molecule has 2 bridgehead atoms. The number of halogens is 1. The number of esters is 1. The summed E-state index contributed by atoms with van der Waals surface area (Å²) in [5.41, 5.74) is 1.76. The van der Waals surface area contributed by atoms with E-state index in [9.17, 15) is 34.1 Å². The van der Waals surface area contributed by atoms with E-state index in [2.05, 4.69) is 26.2 Å². The quantitative estimate of drug-likeness (QED) is 0.0886. The molecule has 2 saturated carbocycles. The van der Waals surface area contributed by atoms with Crippen LogP contribution < -0.4 is 19.8 Å². The lowest BCUT2D eigenvalue weighted by molar-refractivity contribution is -0.384. The van der Waals surface area contributed by atoms with Crippen LogP contribution in [0.2, 0.25) is 0 Å². The molecule has 3 heterocycles. The standard InChI is InChI=1S/C36H29BrN4O9S2/c1-2-49-35(45)16-3-6-18(7-4-16)38-25(42)15-50-24-12-5-17(37)13-21(24)26-27-22-14-23(30(27)51-32-31(26)52-36(46)39-32)29-28(22)33(43)40(34(29)44)19-8-10-20(11-9-19)41(47)48/h3-13,22-23,26-30H,2,14-15H2,1H3,(H,38,42)(H,39,46)/t22-,23-,26-,27?,28?,29?,30?/m1/s1. The van der Waals surface area contributed by atoms with Crippen molar-refractivity contribution in [1.82, 2.24) is 4.98 Å². The van der Waals surface area contributed by atoms with Gasteiger partial charge in [-0.1, -0.05) is 27.3 Å². The number of non-ortho nitro benzene ring substituents is 1. The Bertz CT molecular complexity index is 2210. The number of nitro benzene ring substituents is 1. The molecule has 0 radical (unpaired) electrons. The van der Waals surface area contributed by atoms with Crippen molar-refractivity contribution in [2.24, 2.45) is 29.6 Å². The van der Waals surface area contributed by atoms with Crippen LogP contribution in [0, 0.1) is 39.7 Å². The van der Waals surface area contributed by atoms with Crippen LogP contribution in [0.15, 0.2) is 81.0 Å². The number of nitrogens with zero attached hydrogens (tertiary/aromatic N) is 2. The van der Waals surface area contributed by atoms with Crippen molar-refractivity contribution in [3.63, 3.8) is 0 Å². The Hall–Kier alpha value is -4.80. The molecule has 2 aliphatic carbocycles. The van der Waals surface area contributed by atoms with Crippen molar-refractivity contribution in [3.8, 4) is 5.75 Å². The lowest BCUT2D eigenvalue weighted by Gasteiger charge is -2.43. The van der Waals surface area contributed by atoms with E-state index in [0.29, 0.717) is 29.1 Å². The van der Waals surface area contributed by atoms with E-state index in [-0.39, 0.29) is 64.5 Å². The molecule has 3 aromatic carbocycles. The van der Waals surface area contributed by atoms with Crippen molar-refractivity contribution >= 4 is 79.8 Å². The number of ether oxygens (including phenoxy) is 2. The van der Waals surface area contributed by atoms with Crippen LogP contribution in [0.5, 0.6) is 5.75 Å². The largest absolute Gasteiger partial charge is 0.483 e. The van der Waals surface area contributed by atoms with Gasteiger partial charge in [-0.2, -0.15) is 0 Å². The number of hydrogen-bond acceptors (Lipinski definition) is 11. The summed E-state index contributed by atoms with van der Waals surface area (Å²) >= 11 is 6.26. The number of benzene rings is 3. The van der Waals surface area contributed by atoms with Gasteiger partial charge in [0.2, 0.25) is 11.8 Å². The molecule has 1 saturated heterocycles. The summed E-state index contributed by atoms with van der Waals surface area (Å²) in [4.78, 5) is 81.4. The third kappa shape index (κ3) is 5.72. The van der Waals surface area contributed by atoms with Gasteiger partial charge in [-0.05, 0) is 85.7 Å². The van der Waals surface area contributed by atoms with Gasteiger partial charge in [0.25, 0.3) is 11.6 Å². The third-order valence-corrected chi connectivity index (χ3v) is 13.5. The molecule has 266 valence electrons. The number of aromatic nitrogens is 1. The number of amides is 3. The minimum atomic E-state index is -0.577. The first-order valence-corrected chi connectivity index (χ1v) is 19.0. The number of thioether (sulfide) groups is 1. The lowest BCUT2D eigenvalue weighted by Crippen LogP contribution is -2.42. The average molecular weight is 806 g/mol. The van der Waals surface area contributed by atoms with Crippen molar-refractivity contribution in [2.45, 2.75) is 29.5 Å². The van der Waals surface area contributed by atoms with Crippen LogP contribution in [0.1, 0.15) is 40.1 Å². The highest BCUT2D eigenvalue weighted by molar-refractivity contribution is 9.10. The number of carbonyl (C=O) groups excluding carboxylic acids is 4. The van der Waals surface area contributed by atoms with E-state index in [1.54, 1.807) is 55.1 Å². The van der Waals surface area contributed by atoms with Crippen molar-refractivity contribution in [1.29, 1.82) is 0 Å². The molecule has 4 aromatic rings. The number of imide groups is 1. The van der Waals surface area contributed by atoms with Gasteiger partial charge in [0.1, 0.15) is 5.75 Å². The maximum Gasteiger partial charge on any atom is 0.338 e. The van der Waals surface area contributed by atoms with E-state index < -0.39 is 28.6 Å². The zero-order chi connectivity index (χ0) is 36.4. The number of hydrogen-bond donors (Lipinski definition) is 2. The van der Waals surface area contributed by atoms with Crippen LogP contribution in [0.4, 0.5) is 17.1 Å². The maximum absolute atomic E-state index is 14.1. The summed E-state index contributed by atoms with van der Waals surface area (Å²) < 4.78 is 12.0. The maximum atomic E-state index is 14.1. The van der Waals surface area contributed by atoms with Crippen molar-refractivity contribution in [2.75, 3.05) is 23.4 Å². The second-order valence-electron chi connectivity index (χ2n) is 13.1. The van der Waals surface area contributed by atoms with Gasteiger partial charge >= 0.3 is 10.8 Å². The van der Waals surface area contributed by atoms with E-state index >= 15 is 0 Å². The summed E-state index contributed by atoms with van der Waals surface area (Å²) in [5, 5.41) is 14.6. The predicted molar refractivity (Wildman–Crippen MR) is 195 cm³/mol. The number of carbonyl (C=O) groups is 4. The number of thiazole rings is 1. The average Bonchev–Trinajstić information content (AvgIpc) is 3.86. The SMILES string of the molecule is CCOC(=O)c1ccc(NC(=O)COc2ccc(Br)cc2[C@H]2c3sc(=O)[nH]c3SC3C2[C@H]2C[C@@H]3C3C(=O)N(c4ccc([N+](=O)[O-])cc4)C(=O)C32)cc1. The van der Waals surface area contributed by atoms with Gasteiger partial charge in [0.15, 0.2) is 6.61 Å². The fourth-order valence-corrected chi connectivity index (χ4v) is 11.7. The van der Waals surface area contributed by atoms with Crippen LogP contribution in [-0.4, -0.2) is 52.1 Å². The minimum Gasteiger partial charge on any atom is -0.483 e. The van der Waals surface area contributed by atoms with Crippen LogP contribution in [0.3, 0.4) is 0 Å². The molecule has 7 atom stereocenters. The van der Waals surface area contributed by atoms with Crippen LogP contribution in [-0.2, 0) is 19.1 Å². The summed E-state index contributed by atoms with van der Waals surface area (Å²) in [6, 6.07) is 17.3. The molecule has 8 rings (SSSR count). The topological polar surface area (TPSA) is 178 Å². The number of fused-ring (bicyclic) bond motifs is 9. The fourth-order valence-electron chi connectivity index (χ4n) is 8.48. The Morgan fingerprint density at radius 1 is 1.02 bits per heavy atom. The van der Waals surface area contributed by atoms with E-state index in [4.69, 9.17) is 9.47 Å². The van der Waals surface area contributed by atoms with E-state index in [1.807, 2.05) is 6.07 Å². The molecule has 4 aliphatic rings. The summed E-state index contributed by atoms with van der Waals surface area (Å²) in [6.45, 7) is 1.65. The van der Waals surface area contributed by atoms with Crippen LogP contribution in [0.25, 0.3) is 0 Å². The Morgan fingerprint density at radius 2 is 1.73 bits per heavy atom. The molecule has 4 unspecified atom stereocenters. The minimum absolute atomic E-state index is 0.0877. The smallest absolute Gasteiger partial charge is 0.338 e. The first-order chi connectivity index (χ1) is 25.0. The third-order valence-electron chi connectivity index (χ3n) is 10.4. The fraction of sp³-hybridized carbons (Fsp3) is 0.306. The molecule has 3 fully saturated rings. The Labute approximate surface area is 312 Å². The highest BCUT2D eigenvalue weighted by atomic mass is 79.9. The molecular weight excluding hydrogens is 776 g/mol. The molecule has 0 spiro atoms. The van der Waals surface area contributed by atoms with E-state index in [0.717, 1.165) is 31.3 Å². The Morgan fingerprint density at radius 3 is 2.42 bits per heavy atom. The zero-order valence-corrected chi connectivity index (χ0v) is 30.5. The number of rotatable bonds is 9. The molecule has 3 amide bonds. The molecule has 52 heavy (non-hydrogen) atoms. The monoisotopic (exact) mass is 804 g/mol. The Balaban J connectivity index is 1.08. The van der Waals surface area contributed by atoms with Gasteiger partial charge in [0.05, 0.1) is 39.6 Å². The molecule has 13 nitrogen and oxygen atoms in total. The first kappa shape index (κ1) is 34.3. The Kier molecular flexibility index (Phi) is 8.78.